The second kappa shape index (κ2) is 9.81. The summed E-state index contributed by atoms with van der Waals surface area (Å²) in [4.78, 5) is 5.03. The highest BCUT2D eigenvalue weighted by Gasteiger charge is 2.58. The summed E-state index contributed by atoms with van der Waals surface area (Å²) in [6.07, 6.45) is 7.12. The lowest BCUT2D eigenvalue weighted by atomic mass is 9.64. The van der Waals surface area contributed by atoms with Crippen LogP contribution >= 0.6 is 0 Å². The van der Waals surface area contributed by atoms with Crippen molar-refractivity contribution < 1.29 is 4.42 Å². The molecule has 0 aliphatic heterocycles. The summed E-state index contributed by atoms with van der Waals surface area (Å²) in [5, 5.41) is 2.35. The third-order valence-electron chi connectivity index (χ3n) is 11.5. The van der Waals surface area contributed by atoms with E-state index < -0.39 is 0 Å². The molecule has 3 nitrogen and oxygen atoms in total. The number of fused-ring (bicyclic) bond motifs is 15. The minimum atomic E-state index is -0.331. The molecule has 3 aliphatic rings. The van der Waals surface area contributed by atoms with Gasteiger partial charge >= 0.3 is 0 Å². The molecule has 0 N–H and O–H groups in total. The summed E-state index contributed by atoms with van der Waals surface area (Å²) in [6.45, 7) is 3.07. The molecular weight excluding hydrogens is 597 g/mol. The van der Waals surface area contributed by atoms with Crippen LogP contribution in [0.5, 0.6) is 0 Å². The highest BCUT2D eigenvalue weighted by Crippen LogP contribution is 2.68. The zero-order chi connectivity index (χ0) is 32.3. The van der Waals surface area contributed by atoms with Gasteiger partial charge in [-0.2, -0.15) is 0 Å². The first-order chi connectivity index (χ1) is 24.3. The molecule has 0 fully saturated rings. The molecule has 1 spiro atoms. The Morgan fingerprint density at radius 3 is 2.35 bits per heavy atom. The van der Waals surface area contributed by atoms with Gasteiger partial charge in [0.2, 0.25) is 0 Å². The smallest absolute Gasteiger partial charge is 0.143 e. The lowest BCUT2D eigenvalue weighted by Crippen LogP contribution is -2.33. The number of aromatic nitrogens is 2. The summed E-state index contributed by atoms with van der Waals surface area (Å²) in [5.74, 6) is 1.43. The molecule has 3 unspecified atom stereocenters. The van der Waals surface area contributed by atoms with Crippen LogP contribution in [-0.4, -0.2) is 9.55 Å². The number of hydrogen-bond donors (Lipinski definition) is 0. The van der Waals surface area contributed by atoms with Crippen molar-refractivity contribution in [2.75, 3.05) is 0 Å². The standard InChI is InChI=1S/C46H32N2O/c1-2-48-40-20-9-8-19-39(40)47-45(48)29-24-22-28(23-25-29)30-15-11-18-37-42(30)33-13-3-6-16-35(33)46(37)36-17-7-4-14-34(36)43-38(46)27-26-32-31-12-5-10-21-41(31)49-44(32)43/h3-27,37,42H,2H2,1H3. The molecule has 6 aromatic carbocycles. The van der Waals surface area contributed by atoms with E-state index in [0.717, 1.165) is 34.6 Å². The molecule has 0 bridgehead atoms. The van der Waals surface area contributed by atoms with Gasteiger partial charge in [-0.25, -0.2) is 4.98 Å². The number of benzene rings is 6. The molecule has 0 radical (unpaired) electrons. The van der Waals surface area contributed by atoms with Gasteiger partial charge in [0.05, 0.1) is 16.4 Å². The Balaban J connectivity index is 1.09. The monoisotopic (exact) mass is 628 g/mol. The highest BCUT2D eigenvalue weighted by molar-refractivity contribution is 6.12. The summed E-state index contributed by atoms with van der Waals surface area (Å²) in [5.41, 5.74) is 15.6. The topological polar surface area (TPSA) is 31.0 Å². The van der Waals surface area contributed by atoms with Crippen molar-refractivity contribution in [3.05, 3.63) is 180 Å². The van der Waals surface area contributed by atoms with Crippen LogP contribution in [0.2, 0.25) is 0 Å². The molecule has 49 heavy (non-hydrogen) atoms. The van der Waals surface area contributed by atoms with E-state index in [1.165, 1.54) is 60.8 Å². The van der Waals surface area contributed by atoms with Gasteiger partial charge in [0.1, 0.15) is 17.0 Å². The molecule has 2 heterocycles. The maximum Gasteiger partial charge on any atom is 0.143 e. The zero-order valence-corrected chi connectivity index (χ0v) is 27.1. The molecule has 232 valence electrons. The lowest BCUT2D eigenvalue weighted by molar-refractivity contribution is 0.472. The Kier molecular flexibility index (Phi) is 5.42. The Bertz CT molecular complexity index is 2720. The average molecular weight is 629 g/mol. The summed E-state index contributed by atoms with van der Waals surface area (Å²) in [6, 6.07) is 48.9. The number of allylic oxidation sites excluding steroid dienone is 4. The molecule has 8 aromatic rings. The van der Waals surface area contributed by atoms with Crippen LogP contribution in [-0.2, 0) is 12.0 Å². The number of imidazole rings is 1. The molecule has 3 aliphatic carbocycles. The van der Waals surface area contributed by atoms with Crippen LogP contribution in [0.3, 0.4) is 0 Å². The van der Waals surface area contributed by atoms with Crippen LogP contribution in [0.4, 0.5) is 0 Å². The Morgan fingerprint density at radius 2 is 1.45 bits per heavy atom. The fourth-order valence-corrected chi connectivity index (χ4v) is 9.68. The second-order valence-electron chi connectivity index (χ2n) is 13.7. The molecule has 3 atom stereocenters. The van der Waals surface area contributed by atoms with E-state index in [0.29, 0.717) is 0 Å². The zero-order valence-electron chi connectivity index (χ0n) is 27.1. The van der Waals surface area contributed by atoms with Crippen molar-refractivity contribution >= 4 is 38.5 Å². The minimum absolute atomic E-state index is 0.206. The summed E-state index contributed by atoms with van der Waals surface area (Å²) in [7, 11) is 0. The first-order valence-corrected chi connectivity index (χ1v) is 17.4. The van der Waals surface area contributed by atoms with E-state index in [-0.39, 0.29) is 17.3 Å². The second-order valence-corrected chi connectivity index (χ2v) is 13.7. The molecule has 3 heteroatoms. The first-order valence-electron chi connectivity index (χ1n) is 17.4. The van der Waals surface area contributed by atoms with Gasteiger partial charge in [0.25, 0.3) is 0 Å². The van der Waals surface area contributed by atoms with Gasteiger partial charge in [-0.1, -0.05) is 133 Å². The Labute approximate surface area is 284 Å². The highest BCUT2D eigenvalue weighted by atomic mass is 16.3. The van der Waals surface area contributed by atoms with Crippen LogP contribution in [0, 0.1) is 5.92 Å². The van der Waals surface area contributed by atoms with Gasteiger partial charge in [-0.05, 0) is 64.1 Å². The normalized spacial score (nSPS) is 20.1. The maximum absolute atomic E-state index is 6.72. The molecular formula is C46H32N2O. The van der Waals surface area contributed by atoms with Crippen molar-refractivity contribution in [2.45, 2.75) is 24.8 Å². The van der Waals surface area contributed by atoms with E-state index in [4.69, 9.17) is 9.40 Å². The minimum Gasteiger partial charge on any atom is -0.455 e. The van der Waals surface area contributed by atoms with Crippen LogP contribution in [0.1, 0.15) is 40.7 Å². The number of nitrogens with zero attached hydrogens (tertiary/aromatic N) is 2. The number of para-hydroxylation sites is 3. The van der Waals surface area contributed by atoms with E-state index in [9.17, 15) is 0 Å². The summed E-state index contributed by atoms with van der Waals surface area (Å²) >= 11 is 0. The van der Waals surface area contributed by atoms with Crippen molar-refractivity contribution in [1.29, 1.82) is 0 Å². The largest absolute Gasteiger partial charge is 0.455 e. The molecule has 2 aromatic heterocycles. The molecule has 0 amide bonds. The van der Waals surface area contributed by atoms with E-state index in [1.807, 2.05) is 0 Å². The van der Waals surface area contributed by atoms with Gasteiger partial charge in [-0.15, -0.1) is 0 Å². The Hall–Kier alpha value is -5.93. The fourth-order valence-electron chi connectivity index (χ4n) is 9.68. The third-order valence-corrected chi connectivity index (χ3v) is 11.5. The average Bonchev–Trinajstić information content (AvgIpc) is 3.89. The van der Waals surface area contributed by atoms with Crippen molar-refractivity contribution in [3.8, 4) is 22.5 Å². The predicted molar refractivity (Wildman–Crippen MR) is 200 cm³/mol. The van der Waals surface area contributed by atoms with Crippen LogP contribution in [0.15, 0.2) is 156 Å². The number of aryl methyl sites for hydroxylation is 1. The number of rotatable bonds is 3. The third kappa shape index (κ3) is 3.39. The number of hydrogen-bond acceptors (Lipinski definition) is 2. The maximum atomic E-state index is 6.72. The van der Waals surface area contributed by atoms with Crippen molar-refractivity contribution in [3.63, 3.8) is 0 Å². The Morgan fingerprint density at radius 1 is 0.694 bits per heavy atom. The SMILES string of the molecule is CCn1c(-c2ccc(C3=CC=CC4C3c3ccccc3C43c4ccccc4-c4c3ccc3c4oc4ccccc43)cc2)nc2ccccc21. The van der Waals surface area contributed by atoms with Gasteiger partial charge in [0, 0.05) is 40.3 Å². The molecule has 0 saturated carbocycles. The number of furan rings is 1. The quantitative estimate of drug-likeness (QED) is 0.195. The van der Waals surface area contributed by atoms with E-state index in [2.05, 4.69) is 163 Å². The lowest BCUT2D eigenvalue weighted by Gasteiger charge is -2.37. The van der Waals surface area contributed by atoms with Gasteiger partial charge in [-0.3, -0.25) is 0 Å². The van der Waals surface area contributed by atoms with Crippen LogP contribution in [0.25, 0.3) is 61.1 Å². The first kappa shape index (κ1) is 27.1. The van der Waals surface area contributed by atoms with Gasteiger partial charge in [0.15, 0.2) is 0 Å². The molecule has 0 saturated heterocycles. The fraction of sp³-hybridized carbons (Fsp3) is 0.109. The molecule has 11 rings (SSSR count). The van der Waals surface area contributed by atoms with E-state index in [1.54, 1.807) is 0 Å². The van der Waals surface area contributed by atoms with E-state index >= 15 is 0 Å². The summed E-state index contributed by atoms with van der Waals surface area (Å²) < 4.78 is 9.03. The van der Waals surface area contributed by atoms with Crippen molar-refractivity contribution in [2.24, 2.45) is 5.92 Å². The predicted octanol–water partition coefficient (Wildman–Crippen LogP) is 11.3. The van der Waals surface area contributed by atoms with Crippen molar-refractivity contribution in [1.82, 2.24) is 9.55 Å². The van der Waals surface area contributed by atoms with Crippen LogP contribution < -0.4 is 0 Å². The van der Waals surface area contributed by atoms with Gasteiger partial charge < -0.3 is 8.98 Å².